The van der Waals surface area contributed by atoms with E-state index in [-0.39, 0.29) is 12.3 Å². The minimum absolute atomic E-state index is 0.0264. The number of carbonyl (C=O) groups excluding carboxylic acids is 1. The standard InChI is InChI=1S/C11H20O4/c1-10(12)13-7-5-3-2-4-6-11-14-8-9-15-11/h11H,2-9H2,1H3. The van der Waals surface area contributed by atoms with Gasteiger partial charge in [0.05, 0.1) is 19.8 Å². The first kappa shape index (κ1) is 12.5. The zero-order chi connectivity index (χ0) is 10.9. The van der Waals surface area contributed by atoms with Gasteiger partial charge in [0, 0.05) is 6.92 Å². The molecule has 1 rings (SSSR count). The molecule has 1 saturated heterocycles. The maximum atomic E-state index is 10.5. The van der Waals surface area contributed by atoms with Crippen molar-refractivity contribution in [2.45, 2.75) is 45.3 Å². The Hall–Kier alpha value is -0.610. The number of hydrogen-bond acceptors (Lipinski definition) is 4. The van der Waals surface area contributed by atoms with Gasteiger partial charge in [0.15, 0.2) is 6.29 Å². The van der Waals surface area contributed by atoms with Crippen molar-refractivity contribution >= 4 is 5.97 Å². The number of ether oxygens (including phenoxy) is 3. The van der Waals surface area contributed by atoms with Crippen molar-refractivity contribution in [2.24, 2.45) is 0 Å². The van der Waals surface area contributed by atoms with Gasteiger partial charge in [-0.25, -0.2) is 0 Å². The van der Waals surface area contributed by atoms with Crippen LogP contribution in [0.1, 0.15) is 39.0 Å². The lowest BCUT2D eigenvalue weighted by Crippen LogP contribution is -2.06. The molecule has 88 valence electrons. The Labute approximate surface area is 90.9 Å². The van der Waals surface area contributed by atoms with E-state index in [9.17, 15) is 4.79 Å². The van der Waals surface area contributed by atoms with Crippen LogP contribution in [-0.2, 0) is 19.0 Å². The second-order valence-corrected chi connectivity index (χ2v) is 3.71. The number of rotatable bonds is 7. The highest BCUT2D eigenvalue weighted by atomic mass is 16.7. The van der Waals surface area contributed by atoms with E-state index in [1.807, 2.05) is 0 Å². The van der Waals surface area contributed by atoms with Gasteiger partial charge in [0.2, 0.25) is 0 Å². The van der Waals surface area contributed by atoms with Gasteiger partial charge in [-0.2, -0.15) is 0 Å². The molecule has 1 aliphatic rings. The lowest BCUT2D eigenvalue weighted by molar-refractivity contribution is -0.141. The molecule has 1 fully saturated rings. The molecule has 4 heteroatoms. The van der Waals surface area contributed by atoms with Gasteiger partial charge in [-0.05, 0) is 19.3 Å². The minimum atomic E-state index is -0.192. The van der Waals surface area contributed by atoms with Crippen molar-refractivity contribution < 1.29 is 19.0 Å². The summed E-state index contributed by atoms with van der Waals surface area (Å²) in [5.41, 5.74) is 0. The van der Waals surface area contributed by atoms with E-state index in [0.717, 1.165) is 45.3 Å². The van der Waals surface area contributed by atoms with Crippen LogP contribution in [0.4, 0.5) is 0 Å². The molecule has 0 aromatic rings. The van der Waals surface area contributed by atoms with Gasteiger partial charge in [0.25, 0.3) is 0 Å². The van der Waals surface area contributed by atoms with Crippen molar-refractivity contribution in [3.8, 4) is 0 Å². The predicted molar refractivity (Wildman–Crippen MR) is 55.4 cm³/mol. The quantitative estimate of drug-likeness (QED) is 0.481. The van der Waals surface area contributed by atoms with Crippen LogP contribution in [0.25, 0.3) is 0 Å². The summed E-state index contributed by atoms with van der Waals surface area (Å²) in [6.07, 6.45) is 5.31. The Balaban J connectivity index is 1.78. The average molecular weight is 216 g/mol. The van der Waals surface area contributed by atoms with Crippen LogP contribution in [0.2, 0.25) is 0 Å². The van der Waals surface area contributed by atoms with E-state index in [2.05, 4.69) is 0 Å². The van der Waals surface area contributed by atoms with Crippen LogP contribution in [0.15, 0.2) is 0 Å². The SMILES string of the molecule is CC(=O)OCCCCCCC1OCCO1. The van der Waals surface area contributed by atoms with Crippen LogP contribution >= 0.6 is 0 Å². The van der Waals surface area contributed by atoms with E-state index in [4.69, 9.17) is 14.2 Å². The van der Waals surface area contributed by atoms with Gasteiger partial charge >= 0.3 is 5.97 Å². The molecule has 0 aliphatic carbocycles. The third kappa shape index (κ3) is 6.47. The Morgan fingerprint density at radius 2 is 1.87 bits per heavy atom. The number of hydrogen-bond donors (Lipinski definition) is 0. The topological polar surface area (TPSA) is 44.8 Å². The fourth-order valence-electron chi connectivity index (χ4n) is 1.56. The van der Waals surface area contributed by atoms with Crippen LogP contribution < -0.4 is 0 Å². The fraction of sp³-hybridized carbons (Fsp3) is 0.909. The first-order chi connectivity index (χ1) is 7.29. The third-order valence-corrected chi connectivity index (χ3v) is 2.33. The molecule has 0 bridgehead atoms. The van der Waals surface area contributed by atoms with Gasteiger partial charge in [-0.15, -0.1) is 0 Å². The summed E-state index contributed by atoms with van der Waals surface area (Å²) in [5, 5.41) is 0. The summed E-state index contributed by atoms with van der Waals surface area (Å²) in [4.78, 5) is 10.5. The monoisotopic (exact) mass is 216 g/mol. The molecule has 1 heterocycles. The van der Waals surface area contributed by atoms with Gasteiger partial charge in [0.1, 0.15) is 0 Å². The third-order valence-electron chi connectivity index (χ3n) is 2.33. The zero-order valence-corrected chi connectivity index (χ0v) is 9.37. The predicted octanol–water partition coefficient (Wildman–Crippen LogP) is 1.87. The molecule has 0 saturated carbocycles. The maximum Gasteiger partial charge on any atom is 0.302 e. The minimum Gasteiger partial charge on any atom is -0.466 e. The largest absolute Gasteiger partial charge is 0.466 e. The van der Waals surface area contributed by atoms with Crippen molar-refractivity contribution in [3.63, 3.8) is 0 Å². The molecular weight excluding hydrogens is 196 g/mol. The Bertz CT molecular complexity index is 175. The summed E-state index contributed by atoms with van der Waals surface area (Å²) in [6.45, 7) is 3.45. The van der Waals surface area contributed by atoms with E-state index in [1.165, 1.54) is 6.92 Å². The molecule has 0 radical (unpaired) electrons. The Morgan fingerprint density at radius 1 is 1.20 bits per heavy atom. The normalized spacial score (nSPS) is 16.9. The van der Waals surface area contributed by atoms with Gasteiger partial charge in [-0.1, -0.05) is 12.8 Å². The molecular formula is C11H20O4. The molecule has 0 spiro atoms. The molecule has 1 aliphatic heterocycles. The number of unbranched alkanes of at least 4 members (excludes halogenated alkanes) is 3. The zero-order valence-electron chi connectivity index (χ0n) is 9.37. The Kier molecular flexibility index (Phi) is 6.36. The first-order valence-electron chi connectivity index (χ1n) is 5.65. The number of carbonyl (C=O) groups is 1. The second kappa shape index (κ2) is 7.65. The van der Waals surface area contributed by atoms with Crippen molar-refractivity contribution in [3.05, 3.63) is 0 Å². The lowest BCUT2D eigenvalue weighted by atomic mass is 10.1. The fourth-order valence-corrected chi connectivity index (χ4v) is 1.56. The number of esters is 1. The van der Waals surface area contributed by atoms with Crippen molar-refractivity contribution in [1.82, 2.24) is 0 Å². The van der Waals surface area contributed by atoms with Crippen molar-refractivity contribution in [2.75, 3.05) is 19.8 Å². The molecule has 0 unspecified atom stereocenters. The summed E-state index contributed by atoms with van der Waals surface area (Å²) in [5.74, 6) is -0.192. The van der Waals surface area contributed by atoms with Gasteiger partial charge in [-0.3, -0.25) is 4.79 Å². The van der Waals surface area contributed by atoms with E-state index in [1.54, 1.807) is 0 Å². The van der Waals surface area contributed by atoms with Crippen LogP contribution in [0, 0.1) is 0 Å². The highest BCUT2D eigenvalue weighted by molar-refractivity contribution is 5.65. The smallest absolute Gasteiger partial charge is 0.302 e. The average Bonchev–Trinajstić information content (AvgIpc) is 2.68. The van der Waals surface area contributed by atoms with Crippen molar-refractivity contribution in [1.29, 1.82) is 0 Å². The van der Waals surface area contributed by atoms with Crippen LogP contribution in [0.5, 0.6) is 0 Å². The summed E-state index contributed by atoms with van der Waals surface area (Å²) in [6, 6.07) is 0. The molecule has 0 N–H and O–H groups in total. The highest BCUT2D eigenvalue weighted by Crippen LogP contribution is 2.13. The Morgan fingerprint density at radius 3 is 2.53 bits per heavy atom. The highest BCUT2D eigenvalue weighted by Gasteiger charge is 2.14. The molecule has 4 nitrogen and oxygen atoms in total. The molecule has 0 aromatic carbocycles. The maximum absolute atomic E-state index is 10.5. The molecule has 15 heavy (non-hydrogen) atoms. The van der Waals surface area contributed by atoms with Crippen LogP contribution in [0.3, 0.4) is 0 Å². The van der Waals surface area contributed by atoms with E-state index in [0.29, 0.717) is 6.61 Å². The van der Waals surface area contributed by atoms with E-state index < -0.39 is 0 Å². The van der Waals surface area contributed by atoms with Gasteiger partial charge < -0.3 is 14.2 Å². The lowest BCUT2D eigenvalue weighted by Gasteiger charge is -2.08. The summed E-state index contributed by atoms with van der Waals surface area (Å²) < 4.78 is 15.5. The molecule has 0 amide bonds. The molecule has 0 aromatic heterocycles. The summed E-state index contributed by atoms with van der Waals surface area (Å²) in [7, 11) is 0. The molecule has 0 atom stereocenters. The first-order valence-corrected chi connectivity index (χ1v) is 5.65. The summed E-state index contributed by atoms with van der Waals surface area (Å²) >= 11 is 0. The van der Waals surface area contributed by atoms with E-state index >= 15 is 0 Å². The second-order valence-electron chi connectivity index (χ2n) is 3.71. The van der Waals surface area contributed by atoms with Crippen LogP contribution in [-0.4, -0.2) is 32.1 Å².